The lowest BCUT2D eigenvalue weighted by atomic mass is 10.2. The topological polar surface area (TPSA) is 54.9 Å². The number of amides is 1. The zero-order valence-corrected chi connectivity index (χ0v) is 11.6. The Bertz CT molecular complexity index is 575. The number of hydrogen-bond donors (Lipinski definition) is 1. The van der Waals surface area contributed by atoms with Crippen LogP contribution in [0.25, 0.3) is 6.08 Å². The van der Waals surface area contributed by atoms with Crippen LogP contribution in [-0.4, -0.2) is 15.9 Å². The van der Waals surface area contributed by atoms with Crippen LogP contribution >= 0.6 is 11.3 Å². The van der Waals surface area contributed by atoms with Gasteiger partial charge in [0, 0.05) is 23.8 Å². The van der Waals surface area contributed by atoms with Crippen LogP contribution in [0.15, 0.2) is 36.0 Å². The summed E-state index contributed by atoms with van der Waals surface area (Å²) in [5, 5.41) is 5.34. The second kappa shape index (κ2) is 6.24. The normalized spacial score (nSPS) is 11.1. The van der Waals surface area contributed by atoms with Gasteiger partial charge in [0.05, 0.1) is 5.69 Å². The highest BCUT2D eigenvalue weighted by Gasteiger charge is 2.06. The van der Waals surface area contributed by atoms with Crippen molar-refractivity contribution in [3.8, 4) is 0 Å². The maximum absolute atomic E-state index is 11.7. The zero-order valence-electron chi connectivity index (χ0n) is 10.8. The van der Waals surface area contributed by atoms with Crippen LogP contribution in [0.3, 0.4) is 0 Å². The lowest BCUT2D eigenvalue weighted by Gasteiger charge is -1.98. The molecule has 0 aliphatic rings. The molecule has 1 N–H and O–H groups in total. The highest BCUT2D eigenvalue weighted by Crippen LogP contribution is 2.21. The van der Waals surface area contributed by atoms with Gasteiger partial charge in [0.1, 0.15) is 0 Å². The highest BCUT2D eigenvalue weighted by molar-refractivity contribution is 7.14. The number of rotatable bonds is 4. The SMILES string of the molecule is CC(C)c1csc(NC(=O)C=Cc2cccnc2)n1. The quantitative estimate of drug-likeness (QED) is 0.869. The third-order valence-corrected chi connectivity index (χ3v) is 3.23. The molecule has 2 rings (SSSR count). The maximum Gasteiger partial charge on any atom is 0.250 e. The third kappa shape index (κ3) is 3.99. The minimum Gasteiger partial charge on any atom is -0.298 e. The Kier molecular flexibility index (Phi) is 4.41. The fourth-order valence-electron chi connectivity index (χ4n) is 1.40. The minimum absolute atomic E-state index is 0.187. The molecular formula is C14H15N3OS. The summed E-state index contributed by atoms with van der Waals surface area (Å²) in [5.74, 6) is 0.182. The number of anilines is 1. The van der Waals surface area contributed by atoms with Gasteiger partial charge in [-0.05, 0) is 23.6 Å². The molecular weight excluding hydrogens is 258 g/mol. The summed E-state index contributed by atoms with van der Waals surface area (Å²) in [6.07, 6.45) is 6.59. The summed E-state index contributed by atoms with van der Waals surface area (Å²) in [4.78, 5) is 20.0. The molecule has 0 radical (unpaired) electrons. The van der Waals surface area contributed by atoms with Crippen molar-refractivity contribution >= 4 is 28.5 Å². The number of aromatic nitrogens is 2. The number of carbonyl (C=O) groups is 1. The van der Waals surface area contributed by atoms with E-state index in [9.17, 15) is 4.79 Å². The van der Waals surface area contributed by atoms with Crippen molar-refractivity contribution in [2.24, 2.45) is 0 Å². The standard InChI is InChI=1S/C14H15N3OS/c1-10(2)12-9-19-14(16-12)17-13(18)6-5-11-4-3-7-15-8-11/h3-10H,1-2H3,(H,16,17,18). The first-order valence-electron chi connectivity index (χ1n) is 5.99. The van der Waals surface area contributed by atoms with E-state index in [2.05, 4.69) is 29.1 Å². The van der Waals surface area contributed by atoms with E-state index in [1.54, 1.807) is 18.5 Å². The van der Waals surface area contributed by atoms with E-state index in [1.807, 2.05) is 17.5 Å². The van der Waals surface area contributed by atoms with E-state index in [1.165, 1.54) is 17.4 Å². The van der Waals surface area contributed by atoms with E-state index in [0.29, 0.717) is 11.0 Å². The predicted octanol–water partition coefficient (Wildman–Crippen LogP) is 3.31. The first-order chi connectivity index (χ1) is 9.15. The number of thiazole rings is 1. The molecule has 4 nitrogen and oxygen atoms in total. The Balaban J connectivity index is 1.95. The third-order valence-electron chi connectivity index (χ3n) is 2.46. The Morgan fingerprint density at radius 2 is 2.32 bits per heavy atom. The van der Waals surface area contributed by atoms with Gasteiger partial charge >= 0.3 is 0 Å². The molecule has 0 fully saturated rings. The Morgan fingerprint density at radius 3 is 2.95 bits per heavy atom. The number of hydrogen-bond acceptors (Lipinski definition) is 4. The van der Waals surface area contributed by atoms with Crippen molar-refractivity contribution in [1.29, 1.82) is 0 Å². The molecule has 2 aromatic rings. The van der Waals surface area contributed by atoms with Crippen LogP contribution in [-0.2, 0) is 4.79 Å². The lowest BCUT2D eigenvalue weighted by Crippen LogP contribution is -2.07. The molecule has 0 unspecified atom stereocenters. The average Bonchev–Trinajstić information content (AvgIpc) is 2.86. The van der Waals surface area contributed by atoms with Gasteiger partial charge in [-0.15, -0.1) is 11.3 Å². The van der Waals surface area contributed by atoms with Crippen molar-refractivity contribution in [3.63, 3.8) is 0 Å². The number of nitrogens with one attached hydrogen (secondary N) is 1. The van der Waals surface area contributed by atoms with Crippen LogP contribution in [0, 0.1) is 0 Å². The average molecular weight is 273 g/mol. The fraction of sp³-hybridized carbons (Fsp3) is 0.214. The van der Waals surface area contributed by atoms with Crippen LogP contribution in [0.4, 0.5) is 5.13 Å². The predicted molar refractivity (Wildman–Crippen MR) is 78.1 cm³/mol. The smallest absolute Gasteiger partial charge is 0.250 e. The van der Waals surface area contributed by atoms with E-state index in [4.69, 9.17) is 0 Å². The molecule has 0 aromatic carbocycles. The molecule has 2 aromatic heterocycles. The van der Waals surface area contributed by atoms with Gasteiger partial charge in [-0.1, -0.05) is 19.9 Å². The van der Waals surface area contributed by atoms with Crippen molar-refractivity contribution < 1.29 is 4.79 Å². The summed E-state index contributed by atoms with van der Waals surface area (Å²) in [6.45, 7) is 4.14. The van der Waals surface area contributed by atoms with Gasteiger partial charge in [0.25, 0.3) is 0 Å². The Hall–Kier alpha value is -2.01. The molecule has 0 saturated carbocycles. The Morgan fingerprint density at radius 1 is 1.47 bits per heavy atom. The minimum atomic E-state index is -0.187. The van der Waals surface area contributed by atoms with Crippen molar-refractivity contribution in [1.82, 2.24) is 9.97 Å². The zero-order chi connectivity index (χ0) is 13.7. The molecule has 19 heavy (non-hydrogen) atoms. The van der Waals surface area contributed by atoms with Crippen LogP contribution < -0.4 is 5.32 Å². The summed E-state index contributed by atoms with van der Waals surface area (Å²) >= 11 is 1.44. The fourth-order valence-corrected chi connectivity index (χ4v) is 2.28. The van der Waals surface area contributed by atoms with Gasteiger partial charge in [-0.25, -0.2) is 4.98 Å². The first kappa shape index (κ1) is 13.4. The number of carbonyl (C=O) groups excluding carboxylic acids is 1. The summed E-state index contributed by atoms with van der Waals surface area (Å²) in [7, 11) is 0. The number of pyridine rings is 1. The summed E-state index contributed by atoms with van der Waals surface area (Å²) in [5.41, 5.74) is 1.89. The van der Waals surface area contributed by atoms with E-state index in [0.717, 1.165) is 11.3 Å². The molecule has 0 atom stereocenters. The van der Waals surface area contributed by atoms with E-state index < -0.39 is 0 Å². The molecule has 98 valence electrons. The molecule has 1 amide bonds. The highest BCUT2D eigenvalue weighted by atomic mass is 32.1. The summed E-state index contributed by atoms with van der Waals surface area (Å²) < 4.78 is 0. The second-order valence-corrected chi connectivity index (χ2v) is 5.20. The first-order valence-corrected chi connectivity index (χ1v) is 6.87. The van der Waals surface area contributed by atoms with E-state index >= 15 is 0 Å². The molecule has 0 saturated heterocycles. The van der Waals surface area contributed by atoms with Gasteiger partial charge in [-0.3, -0.25) is 15.1 Å². The van der Waals surface area contributed by atoms with Crippen molar-refractivity contribution in [2.75, 3.05) is 5.32 Å². The number of nitrogens with zero attached hydrogens (tertiary/aromatic N) is 2. The van der Waals surface area contributed by atoms with Crippen LogP contribution in [0.1, 0.15) is 31.0 Å². The molecule has 0 aliphatic heterocycles. The van der Waals surface area contributed by atoms with Gasteiger partial charge in [0.2, 0.25) is 5.91 Å². The molecule has 5 heteroatoms. The molecule has 0 spiro atoms. The maximum atomic E-state index is 11.7. The van der Waals surface area contributed by atoms with Crippen molar-refractivity contribution in [3.05, 3.63) is 47.2 Å². The second-order valence-electron chi connectivity index (χ2n) is 4.34. The van der Waals surface area contributed by atoms with Crippen molar-refractivity contribution in [2.45, 2.75) is 19.8 Å². The van der Waals surface area contributed by atoms with Gasteiger partial charge in [-0.2, -0.15) is 0 Å². The van der Waals surface area contributed by atoms with Gasteiger partial charge in [0.15, 0.2) is 5.13 Å². The molecule has 0 aliphatic carbocycles. The Labute approximate surface area is 116 Å². The summed E-state index contributed by atoms with van der Waals surface area (Å²) in [6, 6.07) is 3.71. The molecule has 0 bridgehead atoms. The largest absolute Gasteiger partial charge is 0.298 e. The molecule has 2 heterocycles. The lowest BCUT2D eigenvalue weighted by molar-refractivity contribution is -0.111. The van der Waals surface area contributed by atoms with Gasteiger partial charge < -0.3 is 0 Å². The van der Waals surface area contributed by atoms with Crippen LogP contribution in [0.5, 0.6) is 0 Å². The monoisotopic (exact) mass is 273 g/mol. The van der Waals surface area contributed by atoms with E-state index in [-0.39, 0.29) is 5.91 Å². The van der Waals surface area contributed by atoms with Crippen LogP contribution in [0.2, 0.25) is 0 Å².